The molecule has 4 fully saturated rings. The van der Waals surface area contributed by atoms with Gasteiger partial charge in [-0.05, 0) is 96.7 Å². The molecular formula is C43H59N14O4+. The fourth-order valence-electron chi connectivity index (χ4n) is 8.92. The summed E-state index contributed by atoms with van der Waals surface area (Å²) in [6.45, 7) is 12.9. The normalized spacial score (nSPS) is 25.0. The molecule has 0 aliphatic carbocycles. The van der Waals surface area contributed by atoms with Crippen molar-refractivity contribution in [3.05, 3.63) is 49.3 Å². The average Bonchev–Trinajstić information content (AvgIpc) is 3.81. The van der Waals surface area contributed by atoms with Crippen molar-refractivity contribution in [3.8, 4) is 22.5 Å². The van der Waals surface area contributed by atoms with Crippen LogP contribution in [0.25, 0.3) is 22.5 Å². The van der Waals surface area contributed by atoms with Gasteiger partial charge in [0.15, 0.2) is 5.82 Å². The van der Waals surface area contributed by atoms with E-state index >= 15 is 0 Å². The van der Waals surface area contributed by atoms with Crippen molar-refractivity contribution >= 4 is 35.1 Å². The van der Waals surface area contributed by atoms with Crippen LogP contribution in [0.1, 0.15) is 65.7 Å². The van der Waals surface area contributed by atoms with Crippen molar-refractivity contribution in [2.45, 2.75) is 83.5 Å². The molecular weight excluding hydrogens is 777 g/mol. The minimum absolute atomic E-state index is 0.0387. The van der Waals surface area contributed by atoms with Crippen LogP contribution in [0.4, 0.5) is 23.3 Å². The maximum atomic E-state index is 12.9. The van der Waals surface area contributed by atoms with Gasteiger partial charge in [-0.25, -0.2) is 19.9 Å². The molecule has 8 rings (SSSR count). The lowest BCUT2D eigenvalue weighted by atomic mass is 9.87. The zero-order valence-corrected chi connectivity index (χ0v) is 35.5. The Kier molecular flexibility index (Phi) is 13.3. The molecule has 4 aliphatic rings. The first-order chi connectivity index (χ1) is 29.5. The van der Waals surface area contributed by atoms with Gasteiger partial charge in [0.25, 0.3) is 0 Å². The van der Waals surface area contributed by atoms with Gasteiger partial charge in [0.1, 0.15) is 35.7 Å². The lowest BCUT2D eigenvalue weighted by Gasteiger charge is -2.36. The second kappa shape index (κ2) is 19.2. The second-order valence-electron chi connectivity index (χ2n) is 17.8. The Bertz CT molecular complexity index is 2150. The van der Waals surface area contributed by atoms with E-state index in [-0.39, 0.29) is 29.3 Å². The number of carbonyl (C=O) groups excluding carboxylic acids is 2. The fraction of sp³-hybridized carbons (Fsp3) is 0.581. The van der Waals surface area contributed by atoms with Crippen LogP contribution in [0.3, 0.4) is 0 Å². The molecule has 0 aromatic carbocycles. The number of rotatable bonds is 14. The van der Waals surface area contributed by atoms with Gasteiger partial charge in [-0.2, -0.15) is 5.10 Å². The summed E-state index contributed by atoms with van der Waals surface area (Å²) in [6, 6.07) is 7.51. The third-order valence-electron chi connectivity index (χ3n) is 12.1. The number of hydrogen-bond acceptors (Lipinski definition) is 15. The Morgan fingerprint density at radius 3 is 2.05 bits per heavy atom. The summed E-state index contributed by atoms with van der Waals surface area (Å²) in [5.41, 5.74) is 2.28. The first kappa shape index (κ1) is 42.4. The summed E-state index contributed by atoms with van der Waals surface area (Å²) in [6.07, 6.45) is 12.9. The van der Waals surface area contributed by atoms with Crippen molar-refractivity contribution in [3.63, 3.8) is 0 Å². The van der Waals surface area contributed by atoms with Crippen LogP contribution < -0.4 is 36.6 Å². The summed E-state index contributed by atoms with van der Waals surface area (Å²) in [5.74, 6) is 2.80. The number of aromatic nitrogens is 8. The largest absolute Gasteiger partial charge is 0.376 e. The first-order valence-electron chi connectivity index (χ1n) is 21.7. The van der Waals surface area contributed by atoms with Gasteiger partial charge >= 0.3 is 0 Å². The van der Waals surface area contributed by atoms with Gasteiger partial charge in [0.05, 0.1) is 40.6 Å². The van der Waals surface area contributed by atoms with E-state index in [0.29, 0.717) is 73.5 Å². The summed E-state index contributed by atoms with van der Waals surface area (Å²) in [7, 11) is 0. The quantitative estimate of drug-likeness (QED) is 0.100. The van der Waals surface area contributed by atoms with Gasteiger partial charge in [0.2, 0.25) is 24.6 Å². The molecule has 0 bridgehead atoms. The zero-order chi connectivity index (χ0) is 42.2. The average molecular weight is 836 g/mol. The van der Waals surface area contributed by atoms with Crippen LogP contribution in [0.5, 0.6) is 0 Å². The van der Waals surface area contributed by atoms with Crippen molar-refractivity contribution in [1.29, 1.82) is 0 Å². The molecule has 18 nitrogen and oxygen atoms in total. The lowest BCUT2D eigenvalue weighted by molar-refractivity contribution is -0.764. The van der Waals surface area contributed by atoms with E-state index in [4.69, 9.17) is 14.6 Å². The zero-order valence-electron chi connectivity index (χ0n) is 35.5. The molecule has 324 valence electrons. The number of nitrogens with one attached hydrogen (secondary N) is 6. The fourth-order valence-corrected chi connectivity index (χ4v) is 8.92. The molecule has 4 aromatic heterocycles. The highest BCUT2D eigenvalue weighted by molar-refractivity contribution is 5.93. The highest BCUT2D eigenvalue weighted by Crippen LogP contribution is 2.32. The number of amides is 2. The van der Waals surface area contributed by atoms with Crippen molar-refractivity contribution in [1.82, 2.24) is 45.9 Å². The Morgan fingerprint density at radius 1 is 0.738 bits per heavy atom. The van der Waals surface area contributed by atoms with Crippen LogP contribution in [0.15, 0.2) is 49.3 Å². The molecule has 6 N–H and O–H groups in total. The third kappa shape index (κ3) is 11.5. The molecule has 4 aromatic rings. The second-order valence-corrected chi connectivity index (χ2v) is 17.8. The molecule has 61 heavy (non-hydrogen) atoms. The van der Waals surface area contributed by atoms with Crippen LogP contribution in [-0.4, -0.2) is 111 Å². The molecule has 5 atom stereocenters. The highest BCUT2D eigenvalue weighted by atomic mass is 16.5. The maximum Gasteiger partial charge on any atom is 0.229 e. The van der Waals surface area contributed by atoms with Crippen LogP contribution >= 0.6 is 0 Å². The number of hydrogen-bond donors (Lipinski definition) is 6. The monoisotopic (exact) mass is 835 g/mol. The van der Waals surface area contributed by atoms with Crippen molar-refractivity contribution in [2.75, 3.05) is 73.7 Å². The van der Waals surface area contributed by atoms with Gasteiger partial charge < -0.3 is 41.4 Å². The smallest absolute Gasteiger partial charge is 0.229 e. The molecule has 8 heterocycles. The Morgan fingerprint density at radius 2 is 1.38 bits per heavy atom. The van der Waals surface area contributed by atoms with Crippen LogP contribution in [0.2, 0.25) is 0 Å². The Labute approximate surface area is 356 Å². The molecule has 0 radical (unpaired) electrons. The van der Waals surface area contributed by atoms with E-state index in [0.717, 1.165) is 88.1 Å². The third-order valence-corrected chi connectivity index (χ3v) is 12.1. The molecule has 0 saturated carbocycles. The molecule has 0 spiro atoms. The molecule has 2 amide bonds. The van der Waals surface area contributed by atoms with Crippen LogP contribution in [-0.2, 0) is 25.6 Å². The minimum atomic E-state index is -0.508. The van der Waals surface area contributed by atoms with Gasteiger partial charge in [0, 0.05) is 68.3 Å². The van der Waals surface area contributed by atoms with E-state index in [1.807, 2.05) is 29.1 Å². The number of ether oxygens (including phenoxy) is 2. The van der Waals surface area contributed by atoms with Crippen molar-refractivity contribution < 1.29 is 23.7 Å². The summed E-state index contributed by atoms with van der Waals surface area (Å²) < 4.78 is 14.4. The summed E-state index contributed by atoms with van der Waals surface area (Å²) in [5, 5.41) is 33.3. The topological polar surface area (TPSA) is 219 Å². The van der Waals surface area contributed by atoms with Gasteiger partial charge in [-0.15, -0.1) is 5.10 Å². The summed E-state index contributed by atoms with van der Waals surface area (Å²) in [4.78, 5) is 43.5. The lowest BCUT2D eigenvalue weighted by Crippen LogP contribution is -2.53. The Hall–Kier alpha value is -5.30. The van der Waals surface area contributed by atoms with E-state index in [1.165, 1.54) is 12.7 Å². The molecule has 4 aliphatic heterocycles. The Balaban J connectivity index is 0.936. The molecule has 4 saturated heterocycles. The molecule has 5 unspecified atom stereocenters. The van der Waals surface area contributed by atoms with Crippen molar-refractivity contribution in [2.24, 2.45) is 23.7 Å². The predicted molar refractivity (Wildman–Crippen MR) is 229 cm³/mol. The minimum Gasteiger partial charge on any atom is -0.376 e. The van der Waals surface area contributed by atoms with Crippen LogP contribution in [0, 0.1) is 23.7 Å². The number of piperidine rings is 1. The number of anilines is 4. The standard InChI is InChI=1S/C43H58N14O4/c1-42(2)17-28(7-11-60-42)19-47-39-14-33(35-16-37(51-27-49-35)54-41(59)31-6-10-45-22-31)24-57(56-39)25-43(3)18-29(8-12-61-43)20-46-38-13-32(23-52-55-38)34-15-36(50-26-48-34)53-40(58)30-5-4-9-44-21-30/h13-16,23-24,26-31,44-45H,4-12,17-22,25H2,1-3H3,(H3-,46,47,48,49,50,51,53,54,55,56,58,59)/p+1. The predicted octanol–water partition coefficient (Wildman–Crippen LogP) is 3.47. The van der Waals surface area contributed by atoms with Gasteiger partial charge in [-0.3, -0.25) is 9.59 Å². The molecule has 18 heteroatoms. The SMILES string of the molecule is CC1(C)CC(CNc2cc(-c3cc(NC(=O)C4CCNC4)ncn3)c[n+](CC3(C)CC(CNc4cc(-c5cc(NC(=O)C6CCCNC6)ncn5)cnn4)CCO3)n2)CCO1. The highest BCUT2D eigenvalue weighted by Gasteiger charge is 2.38. The van der Waals surface area contributed by atoms with E-state index in [1.54, 1.807) is 12.3 Å². The van der Waals surface area contributed by atoms with E-state index < -0.39 is 5.60 Å². The maximum absolute atomic E-state index is 12.9. The van der Waals surface area contributed by atoms with E-state index in [2.05, 4.69) is 82.8 Å². The van der Waals surface area contributed by atoms with E-state index in [9.17, 15) is 9.59 Å². The number of nitrogens with zero attached hydrogens (tertiary/aromatic N) is 8. The van der Waals surface area contributed by atoms with Gasteiger partial charge in [-0.1, -0.05) is 4.68 Å². The number of carbonyl (C=O) groups is 2. The summed E-state index contributed by atoms with van der Waals surface area (Å²) >= 11 is 0. The first-order valence-corrected chi connectivity index (χ1v) is 21.7.